The molecular formula is C16H18Br2N2O. The standard InChI is InChI=1S/C16H18Br2N2O/c1-11(2)9-19-10-12-4-3-7-20-16(12)21-15-6-5-13(17)8-14(15)18/h3-8,11,19H,9-10H2,1-2H3. The van der Waals surface area contributed by atoms with Crippen LogP contribution in [0.25, 0.3) is 0 Å². The molecule has 0 amide bonds. The predicted octanol–water partition coefficient (Wildman–Crippen LogP) is 5.14. The fraction of sp³-hybridized carbons (Fsp3) is 0.312. The van der Waals surface area contributed by atoms with Gasteiger partial charge < -0.3 is 10.1 Å². The van der Waals surface area contributed by atoms with Gasteiger partial charge in [-0.2, -0.15) is 0 Å². The molecule has 3 nitrogen and oxygen atoms in total. The molecule has 0 radical (unpaired) electrons. The Bertz CT molecular complexity index is 603. The van der Waals surface area contributed by atoms with Gasteiger partial charge in [0.2, 0.25) is 5.88 Å². The van der Waals surface area contributed by atoms with Crippen molar-refractivity contribution < 1.29 is 4.74 Å². The SMILES string of the molecule is CC(C)CNCc1cccnc1Oc1ccc(Br)cc1Br. The van der Waals surface area contributed by atoms with Crippen molar-refractivity contribution in [2.24, 2.45) is 5.92 Å². The average Bonchev–Trinajstić information content (AvgIpc) is 2.43. The normalized spacial score (nSPS) is 10.9. The summed E-state index contributed by atoms with van der Waals surface area (Å²) >= 11 is 6.94. The summed E-state index contributed by atoms with van der Waals surface area (Å²) in [4.78, 5) is 4.34. The van der Waals surface area contributed by atoms with Crippen LogP contribution in [-0.4, -0.2) is 11.5 Å². The van der Waals surface area contributed by atoms with Crippen molar-refractivity contribution in [3.05, 3.63) is 51.0 Å². The van der Waals surface area contributed by atoms with Crippen molar-refractivity contribution in [1.82, 2.24) is 10.3 Å². The summed E-state index contributed by atoms with van der Waals surface area (Å²) in [6.45, 7) is 6.09. The maximum atomic E-state index is 5.93. The highest BCUT2D eigenvalue weighted by Crippen LogP contribution is 2.32. The van der Waals surface area contributed by atoms with Crippen molar-refractivity contribution in [2.75, 3.05) is 6.54 Å². The van der Waals surface area contributed by atoms with Gasteiger partial charge in [0.15, 0.2) is 0 Å². The Kier molecular flexibility index (Phi) is 6.21. The largest absolute Gasteiger partial charge is 0.438 e. The highest BCUT2D eigenvalue weighted by molar-refractivity contribution is 9.11. The number of nitrogens with one attached hydrogen (secondary N) is 1. The summed E-state index contributed by atoms with van der Waals surface area (Å²) in [5.74, 6) is 2.01. The third-order valence-electron chi connectivity index (χ3n) is 2.82. The third kappa shape index (κ3) is 5.09. The molecule has 1 aromatic carbocycles. The number of pyridine rings is 1. The van der Waals surface area contributed by atoms with E-state index in [-0.39, 0.29) is 0 Å². The van der Waals surface area contributed by atoms with E-state index in [1.165, 1.54) is 0 Å². The Hall–Kier alpha value is -0.910. The van der Waals surface area contributed by atoms with Crippen LogP contribution in [0.5, 0.6) is 11.6 Å². The maximum Gasteiger partial charge on any atom is 0.223 e. The van der Waals surface area contributed by atoms with Gasteiger partial charge in [0.25, 0.3) is 0 Å². The second-order valence-corrected chi connectivity index (χ2v) is 6.94. The number of benzene rings is 1. The van der Waals surface area contributed by atoms with Gasteiger partial charge in [-0.1, -0.05) is 35.8 Å². The van der Waals surface area contributed by atoms with Crippen LogP contribution in [0, 0.1) is 5.92 Å². The predicted molar refractivity (Wildman–Crippen MR) is 92.7 cm³/mol. The number of halogens is 2. The molecule has 0 saturated heterocycles. The van der Waals surface area contributed by atoms with Gasteiger partial charge in [0.05, 0.1) is 4.47 Å². The van der Waals surface area contributed by atoms with Crippen LogP contribution in [-0.2, 0) is 6.54 Å². The molecule has 0 spiro atoms. The molecule has 0 aliphatic heterocycles. The molecule has 2 aromatic rings. The zero-order chi connectivity index (χ0) is 15.2. The number of hydrogen-bond donors (Lipinski definition) is 1. The van der Waals surface area contributed by atoms with E-state index < -0.39 is 0 Å². The highest BCUT2D eigenvalue weighted by Gasteiger charge is 2.09. The van der Waals surface area contributed by atoms with E-state index in [0.29, 0.717) is 11.8 Å². The molecule has 0 saturated carbocycles. The molecule has 0 bridgehead atoms. The van der Waals surface area contributed by atoms with Crippen molar-refractivity contribution in [1.29, 1.82) is 0 Å². The fourth-order valence-corrected chi connectivity index (χ4v) is 2.94. The lowest BCUT2D eigenvalue weighted by Gasteiger charge is -2.12. The molecular weight excluding hydrogens is 396 g/mol. The van der Waals surface area contributed by atoms with Crippen LogP contribution in [0.3, 0.4) is 0 Å². The Morgan fingerprint density at radius 1 is 1.24 bits per heavy atom. The number of hydrogen-bond acceptors (Lipinski definition) is 3. The Morgan fingerprint density at radius 2 is 2.05 bits per heavy atom. The molecule has 112 valence electrons. The molecule has 1 heterocycles. The lowest BCUT2D eigenvalue weighted by molar-refractivity contribution is 0.447. The first-order chi connectivity index (χ1) is 10.1. The number of rotatable bonds is 6. The molecule has 21 heavy (non-hydrogen) atoms. The van der Waals surface area contributed by atoms with Crippen molar-refractivity contribution in [2.45, 2.75) is 20.4 Å². The van der Waals surface area contributed by atoms with Gasteiger partial charge in [-0.3, -0.25) is 0 Å². The molecule has 1 N–H and O–H groups in total. The fourth-order valence-electron chi connectivity index (χ4n) is 1.81. The Balaban J connectivity index is 2.12. The summed E-state index contributed by atoms with van der Waals surface area (Å²) in [5, 5.41) is 3.41. The van der Waals surface area contributed by atoms with Crippen LogP contribution in [0.2, 0.25) is 0 Å². The topological polar surface area (TPSA) is 34.2 Å². The summed E-state index contributed by atoms with van der Waals surface area (Å²) in [5.41, 5.74) is 1.05. The van der Waals surface area contributed by atoms with Gasteiger partial charge in [-0.05, 0) is 52.7 Å². The smallest absolute Gasteiger partial charge is 0.223 e. The van der Waals surface area contributed by atoms with Gasteiger partial charge in [-0.15, -0.1) is 0 Å². The first kappa shape index (κ1) is 16.5. The number of ether oxygens (including phenoxy) is 1. The number of nitrogens with zero attached hydrogens (tertiary/aromatic N) is 1. The molecule has 1 aromatic heterocycles. The second kappa shape index (κ2) is 7.92. The van der Waals surface area contributed by atoms with Crippen LogP contribution in [0.4, 0.5) is 0 Å². The van der Waals surface area contributed by atoms with Crippen molar-refractivity contribution in [3.63, 3.8) is 0 Å². The second-order valence-electron chi connectivity index (χ2n) is 5.17. The van der Waals surface area contributed by atoms with Crippen LogP contribution >= 0.6 is 31.9 Å². The Labute approximate surface area is 142 Å². The lowest BCUT2D eigenvalue weighted by Crippen LogP contribution is -2.19. The van der Waals surface area contributed by atoms with E-state index >= 15 is 0 Å². The minimum absolute atomic E-state index is 0.617. The molecule has 0 unspecified atom stereocenters. The molecule has 0 aliphatic carbocycles. The van der Waals surface area contributed by atoms with Gasteiger partial charge in [0.1, 0.15) is 5.75 Å². The quantitative estimate of drug-likeness (QED) is 0.711. The zero-order valence-corrected chi connectivity index (χ0v) is 15.2. The lowest BCUT2D eigenvalue weighted by atomic mass is 10.2. The van der Waals surface area contributed by atoms with E-state index in [2.05, 4.69) is 56.0 Å². The zero-order valence-electron chi connectivity index (χ0n) is 12.1. The first-order valence-corrected chi connectivity index (χ1v) is 8.42. The average molecular weight is 414 g/mol. The first-order valence-electron chi connectivity index (χ1n) is 6.84. The summed E-state index contributed by atoms with van der Waals surface area (Å²) in [6, 6.07) is 9.77. The highest BCUT2D eigenvalue weighted by atomic mass is 79.9. The molecule has 0 atom stereocenters. The van der Waals surface area contributed by atoms with Crippen molar-refractivity contribution >= 4 is 31.9 Å². The van der Waals surface area contributed by atoms with E-state index in [1.54, 1.807) is 6.20 Å². The summed E-state index contributed by atoms with van der Waals surface area (Å²) in [6.07, 6.45) is 1.74. The molecule has 5 heteroatoms. The summed E-state index contributed by atoms with van der Waals surface area (Å²) in [7, 11) is 0. The molecule has 0 fully saturated rings. The molecule has 0 aliphatic rings. The van der Waals surface area contributed by atoms with Crippen molar-refractivity contribution in [3.8, 4) is 11.6 Å². The minimum Gasteiger partial charge on any atom is -0.438 e. The van der Waals surface area contributed by atoms with Gasteiger partial charge in [0, 0.05) is 22.8 Å². The maximum absolute atomic E-state index is 5.93. The van der Waals surface area contributed by atoms with E-state index in [1.807, 2.05) is 30.3 Å². The van der Waals surface area contributed by atoms with E-state index in [4.69, 9.17) is 4.74 Å². The molecule has 2 rings (SSSR count). The minimum atomic E-state index is 0.617. The van der Waals surface area contributed by atoms with Gasteiger partial charge >= 0.3 is 0 Å². The van der Waals surface area contributed by atoms with E-state index in [9.17, 15) is 0 Å². The van der Waals surface area contributed by atoms with Crippen LogP contribution in [0.1, 0.15) is 19.4 Å². The van der Waals surface area contributed by atoms with E-state index in [0.717, 1.165) is 33.3 Å². The third-order valence-corrected chi connectivity index (χ3v) is 3.93. The van der Waals surface area contributed by atoms with Crippen LogP contribution < -0.4 is 10.1 Å². The summed E-state index contributed by atoms with van der Waals surface area (Å²) < 4.78 is 7.83. The van der Waals surface area contributed by atoms with Gasteiger partial charge in [-0.25, -0.2) is 4.98 Å². The Morgan fingerprint density at radius 3 is 2.76 bits per heavy atom. The monoisotopic (exact) mass is 412 g/mol. The van der Waals surface area contributed by atoms with Crippen LogP contribution in [0.15, 0.2) is 45.5 Å². The number of aromatic nitrogens is 1.